The van der Waals surface area contributed by atoms with Crippen LogP contribution in [0.2, 0.25) is 0 Å². The molecule has 0 aliphatic rings. The Labute approximate surface area is 125 Å². The normalized spacial score (nSPS) is 12.0. The van der Waals surface area contributed by atoms with Gasteiger partial charge in [0.25, 0.3) is 0 Å². The Kier molecular flexibility index (Phi) is 4.76. The lowest BCUT2D eigenvalue weighted by Crippen LogP contribution is -2.34. The number of aromatic nitrogens is 1. The zero-order valence-corrected chi connectivity index (χ0v) is 13.0. The van der Waals surface area contributed by atoms with Crippen molar-refractivity contribution in [2.45, 2.75) is 13.3 Å². The van der Waals surface area contributed by atoms with Gasteiger partial charge in [-0.2, -0.15) is 12.7 Å². The number of nitrogens with zero attached hydrogens (tertiary/aromatic N) is 2. The van der Waals surface area contributed by atoms with Crippen LogP contribution in [0.3, 0.4) is 0 Å². The van der Waals surface area contributed by atoms with E-state index in [2.05, 4.69) is 9.71 Å². The summed E-state index contributed by atoms with van der Waals surface area (Å²) < 4.78 is 28.4. The maximum Gasteiger partial charge on any atom is 0.301 e. The third kappa shape index (κ3) is 3.69. The van der Waals surface area contributed by atoms with Crippen molar-refractivity contribution in [3.05, 3.63) is 36.0 Å². The van der Waals surface area contributed by atoms with E-state index in [1.54, 1.807) is 12.1 Å². The number of rotatable bonds is 6. The topological polar surface area (TPSA) is 88.3 Å². The molecule has 0 bridgehead atoms. The minimum Gasteiger partial charge on any atom is -0.330 e. The van der Waals surface area contributed by atoms with E-state index in [1.807, 2.05) is 25.1 Å². The number of nitrogens with two attached hydrogens (primary N) is 1. The number of pyridine rings is 1. The first-order chi connectivity index (χ1) is 9.94. The van der Waals surface area contributed by atoms with Gasteiger partial charge in [-0.15, -0.1) is 0 Å². The fraction of sp³-hybridized carbons (Fsp3) is 0.357. The smallest absolute Gasteiger partial charge is 0.301 e. The van der Waals surface area contributed by atoms with Crippen LogP contribution in [0.1, 0.15) is 12.1 Å². The lowest BCUT2D eigenvalue weighted by Gasteiger charge is -2.18. The zero-order valence-electron chi connectivity index (χ0n) is 12.2. The van der Waals surface area contributed by atoms with E-state index in [-0.39, 0.29) is 0 Å². The van der Waals surface area contributed by atoms with Gasteiger partial charge in [-0.1, -0.05) is 18.2 Å². The molecular formula is C14H20N4O2S. The zero-order chi connectivity index (χ0) is 15.5. The molecule has 3 N–H and O–H groups in total. The van der Waals surface area contributed by atoms with Gasteiger partial charge in [-0.25, -0.2) is 0 Å². The number of fused-ring (bicyclic) bond motifs is 1. The lowest BCUT2D eigenvalue weighted by molar-refractivity contribution is 0.468. The van der Waals surface area contributed by atoms with Crippen LogP contribution in [0.5, 0.6) is 0 Å². The second-order valence-corrected chi connectivity index (χ2v) is 6.68. The highest BCUT2D eigenvalue weighted by Crippen LogP contribution is 2.23. The number of hydrogen-bond acceptors (Lipinski definition) is 4. The Morgan fingerprint density at radius 1 is 1.29 bits per heavy atom. The van der Waals surface area contributed by atoms with Crippen molar-refractivity contribution in [2.24, 2.45) is 5.73 Å². The molecular weight excluding hydrogens is 288 g/mol. The van der Waals surface area contributed by atoms with Crippen LogP contribution < -0.4 is 10.5 Å². The molecule has 0 amide bonds. The number of nitrogens with one attached hydrogen (secondary N) is 1. The molecule has 0 saturated carbocycles. The van der Waals surface area contributed by atoms with Crippen LogP contribution in [0.4, 0.5) is 5.69 Å². The maximum absolute atomic E-state index is 12.3. The first-order valence-corrected chi connectivity index (χ1v) is 8.18. The minimum absolute atomic E-state index is 0.378. The summed E-state index contributed by atoms with van der Waals surface area (Å²) in [6.45, 7) is 2.70. The number of aryl methyl sites for hydroxylation is 1. The molecule has 0 atom stereocenters. The van der Waals surface area contributed by atoms with Crippen molar-refractivity contribution < 1.29 is 8.42 Å². The highest BCUT2D eigenvalue weighted by Gasteiger charge is 2.18. The van der Waals surface area contributed by atoms with Gasteiger partial charge >= 0.3 is 10.2 Å². The first kappa shape index (κ1) is 15.7. The Balaban J connectivity index is 2.33. The molecule has 6 nitrogen and oxygen atoms in total. The quantitative estimate of drug-likeness (QED) is 0.846. The van der Waals surface area contributed by atoms with Gasteiger partial charge in [0.2, 0.25) is 0 Å². The van der Waals surface area contributed by atoms with E-state index < -0.39 is 10.2 Å². The van der Waals surface area contributed by atoms with Crippen LogP contribution >= 0.6 is 0 Å². The molecule has 1 heterocycles. The Hall–Kier alpha value is -1.70. The van der Waals surface area contributed by atoms with E-state index in [4.69, 9.17) is 5.73 Å². The summed E-state index contributed by atoms with van der Waals surface area (Å²) >= 11 is 0. The predicted octanol–water partition coefficient (Wildman–Crippen LogP) is 1.48. The minimum atomic E-state index is -3.60. The molecule has 7 heteroatoms. The van der Waals surface area contributed by atoms with Crippen LogP contribution in [0.15, 0.2) is 30.3 Å². The highest BCUT2D eigenvalue weighted by molar-refractivity contribution is 7.90. The van der Waals surface area contributed by atoms with Gasteiger partial charge in [-0.05, 0) is 32.0 Å². The van der Waals surface area contributed by atoms with E-state index in [1.165, 1.54) is 11.4 Å². The van der Waals surface area contributed by atoms with Crippen molar-refractivity contribution in [1.82, 2.24) is 9.29 Å². The largest absolute Gasteiger partial charge is 0.330 e. The van der Waals surface area contributed by atoms with E-state index >= 15 is 0 Å². The first-order valence-electron chi connectivity index (χ1n) is 6.74. The average Bonchev–Trinajstić information content (AvgIpc) is 2.45. The second-order valence-electron chi connectivity index (χ2n) is 4.90. The molecule has 0 unspecified atom stereocenters. The van der Waals surface area contributed by atoms with Gasteiger partial charge in [-0.3, -0.25) is 9.71 Å². The SMILES string of the molecule is Cc1ccc2cccc(NS(=O)(=O)N(C)CCCN)c2n1. The van der Waals surface area contributed by atoms with Gasteiger partial charge in [0, 0.05) is 24.7 Å². The molecule has 2 rings (SSSR count). The molecule has 0 aliphatic carbocycles. The van der Waals surface area contributed by atoms with Crippen molar-refractivity contribution in [2.75, 3.05) is 24.9 Å². The van der Waals surface area contributed by atoms with Crippen LogP contribution in [-0.4, -0.2) is 37.8 Å². The molecule has 2 aromatic rings. The van der Waals surface area contributed by atoms with Crippen LogP contribution in [-0.2, 0) is 10.2 Å². The predicted molar refractivity (Wildman–Crippen MR) is 85.3 cm³/mol. The molecule has 0 spiro atoms. The van der Waals surface area contributed by atoms with Crippen molar-refractivity contribution >= 4 is 26.8 Å². The summed E-state index contributed by atoms with van der Waals surface area (Å²) in [5.74, 6) is 0. The summed E-state index contributed by atoms with van der Waals surface area (Å²) in [5, 5.41) is 0.894. The number of para-hydroxylation sites is 1. The molecule has 0 saturated heterocycles. The van der Waals surface area contributed by atoms with E-state index in [9.17, 15) is 8.42 Å². The molecule has 1 aromatic heterocycles. The molecule has 0 aliphatic heterocycles. The summed E-state index contributed by atoms with van der Waals surface area (Å²) in [4.78, 5) is 4.42. The fourth-order valence-electron chi connectivity index (χ4n) is 1.98. The van der Waals surface area contributed by atoms with Crippen molar-refractivity contribution in [3.63, 3.8) is 0 Å². The average molecular weight is 308 g/mol. The second kappa shape index (κ2) is 6.38. The number of benzene rings is 1. The Bertz CT molecular complexity index is 731. The fourth-order valence-corrected chi connectivity index (χ4v) is 2.95. The summed E-state index contributed by atoms with van der Waals surface area (Å²) in [6.07, 6.45) is 0.615. The summed E-state index contributed by atoms with van der Waals surface area (Å²) in [5.41, 5.74) is 7.38. The molecule has 0 radical (unpaired) electrons. The highest BCUT2D eigenvalue weighted by atomic mass is 32.2. The van der Waals surface area contributed by atoms with Gasteiger partial charge in [0.15, 0.2) is 0 Å². The monoisotopic (exact) mass is 308 g/mol. The summed E-state index contributed by atoms with van der Waals surface area (Å²) in [7, 11) is -2.07. The molecule has 0 fully saturated rings. The van der Waals surface area contributed by atoms with E-state index in [0.717, 1.165) is 11.1 Å². The Morgan fingerprint density at radius 3 is 2.76 bits per heavy atom. The molecule has 21 heavy (non-hydrogen) atoms. The van der Waals surface area contributed by atoms with Gasteiger partial charge in [0.1, 0.15) is 0 Å². The van der Waals surface area contributed by atoms with Gasteiger partial charge < -0.3 is 5.73 Å². The van der Waals surface area contributed by atoms with Crippen LogP contribution in [0.25, 0.3) is 10.9 Å². The van der Waals surface area contributed by atoms with Crippen LogP contribution in [0, 0.1) is 6.92 Å². The van der Waals surface area contributed by atoms with Crippen molar-refractivity contribution in [1.29, 1.82) is 0 Å². The third-order valence-corrected chi connectivity index (χ3v) is 4.67. The molecule has 114 valence electrons. The number of anilines is 1. The third-order valence-electron chi connectivity index (χ3n) is 3.19. The Morgan fingerprint density at radius 2 is 2.05 bits per heavy atom. The standard InChI is InChI=1S/C14H20N4O2S/c1-11-7-8-12-5-3-6-13(14(12)16-11)17-21(19,20)18(2)10-4-9-15/h3,5-8,17H,4,9-10,15H2,1-2H3. The summed E-state index contributed by atoms with van der Waals surface area (Å²) in [6, 6.07) is 9.24. The molecule has 1 aromatic carbocycles. The van der Waals surface area contributed by atoms with E-state index in [0.29, 0.717) is 30.7 Å². The number of hydrogen-bond donors (Lipinski definition) is 2. The van der Waals surface area contributed by atoms with Crippen molar-refractivity contribution in [3.8, 4) is 0 Å². The maximum atomic E-state index is 12.3. The van der Waals surface area contributed by atoms with Gasteiger partial charge in [0.05, 0.1) is 11.2 Å². The lowest BCUT2D eigenvalue weighted by atomic mass is 10.2.